The molecule has 0 aliphatic carbocycles. The lowest BCUT2D eigenvalue weighted by atomic mass is 10.1. The van der Waals surface area contributed by atoms with Crippen molar-refractivity contribution in [2.75, 3.05) is 24.7 Å². The summed E-state index contributed by atoms with van der Waals surface area (Å²) in [4.78, 5) is 22.3. The third kappa shape index (κ3) is 3.57. The van der Waals surface area contributed by atoms with Gasteiger partial charge in [-0.15, -0.1) is 0 Å². The van der Waals surface area contributed by atoms with Crippen LogP contribution >= 0.6 is 11.8 Å². The molecule has 1 rings (SSSR count). The van der Waals surface area contributed by atoms with E-state index in [1.165, 1.54) is 0 Å². The highest BCUT2D eigenvalue weighted by molar-refractivity contribution is 7.99. The van der Waals surface area contributed by atoms with Gasteiger partial charge < -0.3 is 10.1 Å². The SMILES string of the molecule is CCOC(=O)CNC(=O)C1CCSC1. The van der Waals surface area contributed by atoms with Gasteiger partial charge in [-0.3, -0.25) is 9.59 Å². The summed E-state index contributed by atoms with van der Waals surface area (Å²) in [6, 6.07) is 0. The Morgan fingerprint density at radius 1 is 1.57 bits per heavy atom. The maximum Gasteiger partial charge on any atom is 0.325 e. The number of amides is 1. The number of ether oxygens (including phenoxy) is 1. The van der Waals surface area contributed by atoms with E-state index in [4.69, 9.17) is 4.74 Å². The molecule has 0 spiro atoms. The summed E-state index contributed by atoms with van der Waals surface area (Å²) < 4.78 is 4.70. The minimum absolute atomic E-state index is 0.00611. The van der Waals surface area contributed by atoms with Gasteiger partial charge in [-0.2, -0.15) is 11.8 Å². The molecule has 1 heterocycles. The molecule has 1 aliphatic rings. The predicted molar refractivity (Wildman–Crippen MR) is 55.1 cm³/mol. The summed E-state index contributed by atoms with van der Waals surface area (Å²) in [6.07, 6.45) is 0.916. The van der Waals surface area contributed by atoms with Gasteiger partial charge >= 0.3 is 5.97 Å². The number of nitrogens with one attached hydrogen (secondary N) is 1. The molecule has 0 aromatic rings. The Kier molecular flexibility index (Phi) is 4.79. The molecular formula is C9H15NO3S. The van der Waals surface area contributed by atoms with Gasteiger partial charge in [-0.1, -0.05) is 0 Å². The average molecular weight is 217 g/mol. The first-order valence-corrected chi connectivity index (χ1v) is 5.90. The third-order valence-electron chi connectivity index (χ3n) is 2.01. The predicted octanol–water partition coefficient (Wildman–Crippen LogP) is 0.419. The molecule has 0 aromatic carbocycles. The first-order valence-electron chi connectivity index (χ1n) is 4.75. The van der Waals surface area contributed by atoms with E-state index in [2.05, 4.69) is 5.32 Å². The molecule has 0 radical (unpaired) electrons. The fraction of sp³-hybridized carbons (Fsp3) is 0.778. The third-order valence-corrected chi connectivity index (χ3v) is 3.18. The number of carbonyl (C=O) groups is 2. The number of hydrogen-bond acceptors (Lipinski definition) is 4. The van der Waals surface area contributed by atoms with Crippen molar-refractivity contribution >= 4 is 23.6 Å². The maximum absolute atomic E-state index is 11.4. The molecule has 14 heavy (non-hydrogen) atoms. The molecule has 1 saturated heterocycles. The molecule has 1 N–H and O–H groups in total. The molecule has 1 amide bonds. The van der Waals surface area contributed by atoms with Crippen LogP contribution in [-0.4, -0.2) is 36.5 Å². The number of esters is 1. The average Bonchev–Trinajstić information content (AvgIpc) is 2.67. The number of rotatable bonds is 4. The lowest BCUT2D eigenvalue weighted by Crippen LogP contribution is -2.35. The first-order chi connectivity index (χ1) is 6.74. The second kappa shape index (κ2) is 5.90. The Hall–Kier alpha value is -0.710. The zero-order valence-electron chi connectivity index (χ0n) is 8.25. The lowest BCUT2D eigenvalue weighted by molar-refractivity contribution is -0.143. The standard InChI is InChI=1S/C9H15NO3S/c1-2-13-8(11)5-10-9(12)7-3-4-14-6-7/h7H,2-6H2,1H3,(H,10,12). The first kappa shape index (κ1) is 11.4. The van der Waals surface area contributed by atoms with Crippen LogP contribution in [0.1, 0.15) is 13.3 Å². The van der Waals surface area contributed by atoms with Crippen LogP contribution < -0.4 is 5.32 Å². The topological polar surface area (TPSA) is 55.4 Å². The smallest absolute Gasteiger partial charge is 0.325 e. The van der Waals surface area contributed by atoms with Crippen molar-refractivity contribution in [2.45, 2.75) is 13.3 Å². The van der Waals surface area contributed by atoms with Crippen LogP contribution in [-0.2, 0) is 14.3 Å². The van der Waals surface area contributed by atoms with Crippen molar-refractivity contribution in [2.24, 2.45) is 5.92 Å². The molecule has 0 aromatic heterocycles. The number of hydrogen-bond donors (Lipinski definition) is 1. The van der Waals surface area contributed by atoms with E-state index in [-0.39, 0.29) is 24.3 Å². The van der Waals surface area contributed by atoms with Crippen LogP contribution in [0.3, 0.4) is 0 Å². The molecule has 1 atom stereocenters. The van der Waals surface area contributed by atoms with Crippen LogP contribution in [0.2, 0.25) is 0 Å². The molecule has 1 fully saturated rings. The molecule has 80 valence electrons. The van der Waals surface area contributed by atoms with E-state index in [0.717, 1.165) is 17.9 Å². The number of thioether (sulfide) groups is 1. The minimum Gasteiger partial charge on any atom is -0.465 e. The molecular weight excluding hydrogens is 202 g/mol. The van der Waals surface area contributed by atoms with Gasteiger partial charge in [-0.25, -0.2) is 0 Å². The molecule has 0 bridgehead atoms. The van der Waals surface area contributed by atoms with Crippen LogP contribution in [0.4, 0.5) is 0 Å². The summed E-state index contributed by atoms with van der Waals surface area (Å²) in [7, 11) is 0. The van der Waals surface area contributed by atoms with Gasteiger partial charge in [0.1, 0.15) is 6.54 Å². The van der Waals surface area contributed by atoms with E-state index in [0.29, 0.717) is 6.61 Å². The summed E-state index contributed by atoms with van der Waals surface area (Å²) in [5.41, 5.74) is 0. The molecule has 1 unspecified atom stereocenters. The Labute approximate surface area is 87.8 Å². The zero-order valence-corrected chi connectivity index (χ0v) is 9.06. The second-order valence-electron chi connectivity index (χ2n) is 3.08. The van der Waals surface area contributed by atoms with Crippen molar-refractivity contribution in [3.05, 3.63) is 0 Å². The monoisotopic (exact) mass is 217 g/mol. The summed E-state index contributed by atoms with van der Waals surface area (Å²) in [6.45, 7) is 2.09. The van der Waals surface area contributed by atoms with Crippen molar-refractivity contribution in [1.29, 1.82) is 0 Å². The highest BCUT2D eigenvalue weighted by atomic mass is 32.2. The van der Waals surface area contributed by atoms with Gasteiger partial charge in [0, 0.05) is 11.7 Å². The van der Waals surface area contributed by atoms with Gasteiger partial charge in [0.05, 0.1) is 6.61 Å². The van der Waals surface area contributed by atoms with E-state index < -0.39 is 0 Å². The Morgan fingerprint density at radius 2 is 2.36 bits per heavy atom. The Balaban J connectivity index is 2.17. The quantitative estimate of drug-likeness (QED) is 0.693. The van der Waals surface area contributed by atoms with Crippen LogP contribution in [0.5, 0.6) is 0 Å². The fourth-order valence-electron chi connectivity index (χ4n) is 1.26. The van der Waals surface area contributed by atoms with Crippen LogP contribution in [0, 0.1) is 5.92 Å². The van der Waals surface area contributed by atoms with E-state index in [9.17, 15) is 9.59 Å². The van der Waals surface area contributed by atoms with Gasteiger partial charge in [0.15, 0.2) is 0 Å². The summed E-state index contributed by atoms with van der Waals surface area (Å²) in [5.74, 6) is 1.59. The summed E-state index contributed by atoms with van der Waals surface area (Å²) >= 11 is 1.78. The zero-order chi connectivity index (χ0) is 10.4. The highest BCUT2D eigenvalue weighted by Crippen LogP contribution is 2.23. The van der Waals surface area contributed by atoms with E-state index in [1.54, 1.807) is 18.7 Å². The molecule has 5 heteroatoms. The molecule has 4 nitrogen and oxygen atoms in total. The molecule has 1 aliphatic heterocycles. The van der Waals surface area contributed by atoms with Gasteiger partial charge in [0.25, 0.3) is 0 Å². The minimum atomic E-state index is -0.369. The normalized spacial score (nSPS) is 20.5. The van der Waals surface area contributed by atoms with Gasteiger partial charge in [0.2, 0.25) is 5.91 Å². The maximum atomic E-state index is 11.4. The number of carbonyl (C=O) groups excluding carboxylic acids is 2. The highest BCUT2D eigenvalue weighted by Gasteiger charge is 2.23. The van der Waals surface area contributed by atoms with Crippen LogP contribution in [0.15, 0.2) is 0 Å². The van der Waals surface area contributed by atoms with Crippen molar-refractivity contribution < 1.29 is 14.3 Å². The largest absolute Gasteiger partial charge is 0.465 e. The Bertz CT molecular complexity index is 214. The lowest BCUT2D eigenvalue weighted by Gasteiger charge is -2.08. The van der Waals surface area contributed by atoms with Crippen molar-refractivity contribution in [1.82, 2.24) is 5.32 Å². The van der Waals surface area contributed by atoms with Crippen LogP contribution in [0.25, 0.3) is 0 Å². The van der Waals surface area contributed by atoms with E-state index in [1.807, 2.05) is 0 Å². The van der Waals surface area contributed by atoms with Gasteiger partial charge in [-0.05, 0) is 19.1 Å². The fourth-order valence-corrected chi connectivity index (χ4v) is 2.48. The summed E-state index contributed by atoms with van der Waals surface area (Å²) in [5, 5.41) is 2.58. The van der Waals surface area contributed by atoms with Crippen molar-refractivity contribution in [3.8, 4) is 0 Å². The molecule has 0 saturated carbocycles. The van der Waals surface area contributed by atoms with Crippen molar-refractivity contribution in [3.63, 3.8) is 0 Å². The van der Waals surface area contributed by atoms with E-state index >= 15 is 0 Å². The second-order valence-corrected chi connectivity index (χ2v) is 4.23. The Morgan fingerprint density at radius 3 is 2.93 bits per heavy atom.